The van der Waals surface area contributed by atoms with E-state index in [1.54, 1.807) is 12.3 Å². The van der Waals surface area contributed by atoms with Crippen molar-refractivity contribution in [2.45, 2.75) is 6.42 Å². The number of hydrogen-bond acceptors (Lipinski definition) is 3. The van der Waals surface area contributed by atoms with E-state index in [4.69, 9.17) is 5.11 Å². The molecule has 2 heterocycles. The number of benzene rings is 2. The molecule has 0 saturated heterocycles. The first kappa shape index (κ1) is 15.5. The van der Waals surface area contributed by atoms with E-state index in [9.17, 15) is 4.79 Å². The lowest BCUT2D eigenvalue weighted by molar-refractivity contribution is 0.0702. The molecule has 0 spiro atoms. The van der Waals surface area contributed by atoms with Crippen LogP contribution in [0.15, 0.2) is 73.1 Å². The van der Waals surface area contributed by atoms with Gasteiger partial charge in [-0.25, -0.2) is 4.79 Å². The molecule has 1 N–H and O–H groups in total. The van der Waals surface area contributed by atoms with Crippen LogP contribution in [0.25, 0.3) is 21.2 Å². The second-order valence-corrected chi connectivity index (χ2v) is 6.94. The van der Waals surface area contributed by atoms with Gasteiger partial charge in [0.25, 0.3) is 0 Å². The van der Waals surface area contributed by atoms with E-state index in [-0.39, 0.29) is 0 Å². The van der Waals surface area contributed by atoms with Gasteiger partial charge in [-0.15, -0.1) is 11.3 Å². The minimum atomic E-state index is -0.888. The maximum Gasteiger partial charge on any atom is 0.345 e. The minimum absolute atomic E-state index is 0.350. The summed E-state index contributed by atoms with van der Waals surface area (Å²) >= 11 is 1.29. The summed E-state index contributed by atoms with van der Waals surface area (Å²) in [5.41, 5.74) is 3.35. The number of carboxylic acids is 1. The van der Waals surface area contributed by atoms with Gasteiger partial charge >= 0.3 is 5.97 Å². The predicted molar refractivity (Wildman–Crippen MR) is 101 cm³/mol. The van der Waals surface area contributed by atoms with E-state index in [1.165, 1.54) is 27.7 Å². The lowest BCUT2D eigenvalue weighted by Crippen LogP contribution is -1.93. The Labute approximate surface area is 149 Å². The fraction of sp³-hybridized carbons (Fsp3) is 0.0476. The Hall–Kier alpha value is -2.98. The van der Waals surface area contributed by atoms with Crippen LogP contribution in [-0.4, -0.2) is 16.1 Å². The third kappa shape index (κ3) is 3.16. The second-order valence-electron chi connectivity index (χ2n) is 5.86. The maximum atomic E-state index is 11.1. The van der Waals surface area contributed by atoms with Crippen LogP contribution in [-0.2, 0) is 6.42 Å². The highest BCUT2D eigenvalue weighted by Crippen LogP contribution is 2.31. The number of hydrogen-bond donors (Lipinski definition) is 1. The fourth-order valence-corrected chi connectivity index (χ4v) is 3.88. The van der Waals surface area contributed by atoms with Crippen LogP contribution in [0.4, 0.5) is 0 Å². The molecule has 0 aliphatic heterocycles. The summed E-state index contributed by atoms with van der Waals surface area (Å²) in [4.78, 5) is 16.7. The SMILES string of the molecule is O=C(O)c1ccc(-c2ccncc2Cc2ccc3ccccc3c2)s1. The molecule has 4 rings (SSSR count). The highest BCUT2D eigenvalue weighted by molar-refractivity contribution is 7.17. The van der Waals surface area contributed by atoms with Crippen LogP contribution in [0, 0.1) is 0 Å². The molecule has 4 aromatic rings. The van der Waals surface area contributed by atoms with E-state index in [2.05, 4.69) is 35.3 Å². The monoisotopic (exact) mass is 345 g/mol. The summed E-state index contributed by atoms with van der Waals surface area (Å²) in [6.45, 7) is 0. The number of aromatic nitrogens is 1. The molecule has 4 heteroatoms. The summed E-state index contributed by atoms with van der Waals surface area (Å²) in [7, 11) is 0. The van der Waals surface area contributed by atoms with E-state index in [0.29, 0.717) is 4.88 Å². The van der Waals surface area contributed by atoms with Gasteiger partial charge in [0.2, 0.25) is 0 Å². The van der Waals surface area contributed by atoms with Crippen LogP contribution in [0.2, 0.25) is 0 Å². The second kappa shape index (κ2) is 6.49. The van der Waals surface area contributed by atoms with Crippen molar-refractivity contribution in [3.05, 3.63) is 89.1 Å². The van der Waals surface area contributed by atoms with Crippen molar-refractivity contribution in [3.63, 3.8) is 0 Å². The molecule has 0 atom stereocenters. The van der Waals surface area contributed by atoms with E-state index >= 15 is 0 Å². The first-order chi connectivity index (χ1) is 12.2. The molecular weight excluding hydrogens is 330 g/mol. The zero-order valence-corrected chi connectivity index (χ0v) is 14.2. The Morgan fingerprint density at radius 1 is 1.00 bits per heavy atom. The lowest BCUT2D eigenvalue weighted by atomic mass is 9.99. The van der Waals surface area contributed by atoms with Gasteiger partial charge in [0.1, 0.15) is 4.88 Å². The van der Waals surface area contributed by atoms with Gasteiger partial charge in [-0.2, -0.15) is 0 Å². The van der Waals surface area contributed by atoms with Gasteiger partial charge in [0.15, 0.2) is 0 Å². The largest absolute Gasteiger partial charge is 0.477 e. The first-order valence-electron chi connectivity index (χ1n) is 7.95. The van der Waals surface area contributed by atoms with Gasteiger partial charge < -0.3 is 5.11 Å². The molecule has 0 radical (unpaired) electrons. The van der Waals surface area contributed by atoms with Crippen LogP contribution in [0.1, 0.15) is 20.8 Å². The van der Waals surface area contributed by atoms with Crippen LogP contribution in [0.3, 0.4) is 0 Å². The molecule has 3 nitrogen and oxygen atoms in total. The van der Waals surface area contributed by atoms with Gasteiger partial charge in [0.05, 0.1) is 0 Å². The molecule has 0 unspecified atom stereocenters. The van der Waals surface area contributed by atoms with Crippen molar-refractivity contribution in [1.29, 1.82) is 0 Å². The Bertz CT molecular complexity index is 1070. The molecule has 0 aliphatic carbocycles. The quantitative estimate of drug-likeness (QED) is 0.549. The Morgan fingerprint density at radius 2 is 1.84 bits per heavy atom. The van der Waals surface area contributed by atoms with E-state index in [1.807, 2.05) is 30.5 Å². The molecule has 122 valence electrons. The highest BCUT2D eigenvalue weighted by atomic mass is 32.1. The van der Waals surface area contributed by atoms with Crippen LogP contribution >= 0.6 is 11.3 Å². The Kier molecular flexibility index (Phi) is 4.04. The molecule has 2 aromatic heterocycles. The molecule has 25 heavy (non-hydrogen) atoms. The number of nitrogens with zero attached hydrogens (tertiary/aromatic N) is 1. The number of carbonyl (C=O) groups is 1. The number of rotatable bonds is 4. The van der Waals surface area contributed by atoms with Gasteiger partial charge in [-0.05, 0) is 52.1 Å². The van der Waals surface area contributed by atoms with Gasteiger partial charge in [-0.1, -0.05) is 42.5 Å². The van der Waals surface area contributed by atoms with Crippen molar-refractivity contribution in [2.75, 3.05) is 0 Å². The summed E-state index contributed by atoms with van der Waals surface area (Å²) in [6.07, 6.45) is 4.37. The number of pyridine rings is 1. The summed E-state index contributed by atoms with van der Waals surface area (Å²) in [5.74, 6) is -0.888. The third-order valence-electron chi connectivity index (χ3n) is 4.19. The average Bonchev–Trinajstić information content (AvgIpc) is 3.12. The zero-order valence-electron chi connectivity index (χ0n) is 13.3. The Balaban J connectivity index is 1.71. The van der Waals surface area contributed by atoms with Crippen molar-refractivity contribution in [3.8, 4) is 10.4 Å². The number of aromatic carboxylic acids is 1. The van der Waals surface area contributed by atoms with Crippen molar-refractivity contribution in [1.82, 2.24) is 4.98 Å². The highest BCUT2D eigenvalue weighted by Gasteiger charge is 2.12. The fourth-order valence-electron chi connectivity index (χ4n) is 2.97. The predicted octanol–water partition coefficient (Wildman–Crippen LogP) is 5.25. The van der Waals surface area contributed by atoms with Crippen LogP contribution < -0.4 is 0 Å². The molecule has 0 bridgehead atoms. The normalized spacial score (nSPS) is 10.9. The number of carboxylic acid groups (broad SMARTS) is 1. The van der Waals surface area contributed by atoms with Crippen molar-refractivity contribution >= 4 is 28.1 Å². The summed E-state index contributed by atoms with van der Waals surface area (Å²) in [5, 5.41) is 11.6. The minimum Gasteiger partial charge on any atom is -0.477 e. The lowest BCUT2D eigenvalue weighted by Gasteiger charge is -2.08. The smallest absolute Gasteiger partial charge is 0.345 e. The number of thiophene rings is 1. The van der Waals surface area contributed by atoms with E-state index in [0.717, 1.165) is 22.4 Å². The molecule has 2 aromatic carbocycles. The molecule has 0 aliphatic rings. The van der Waals surface area contributed by atoms with Crippen LogP contribution in [0.5, 0.6) is 0 Å². The summed E-state index contributed by atoms with van der Waals surface area (Å²) < 4.78 is 0. The molecule has 0 fully saturated rings. The topological polar surface area (TPSA) is 50.2 Å². The third-order valence-corrected chi connectivity index (χ3v) is 5.30. The maximum absolute atomic E-state index is 11.1. The first-order valence-corrected chi connectivity index (χ1v) is 8.76. The molecule has 0 saturated carbocycles. The Morgan fingerprint density at radius 3 is 2.64 bits per heavy atom. The number of fused-ring (bicyclic) bond motifs is 1. The van der Waals surface area contributed by atoms with E-state index < -0.39 is 5.97 Å². The standard InChI is InChI=1S/C21H15NO2S/c23-21(24)20-8-7-19(25-20)18-9-10-22-13-17(18)12-14-5-6-15-3-1-2-4-16(15)11-14/h1-11,13H,12H2,(H,23,24). The van der Waals surface area contributed by atoms with Gasteiger partial charge in [-0.3, -0.25) is 4.98 Å². The molecule has 0 amide bonds. The average molecular weight is 345 g/mol. The van der Waals surface area contributed by atoms with Gasteiger partial charge in [0, 0.05) is 17.3 Å². The zero-order chi connectivity index (χ0) is 17.2. The molecular formula is C21H15NO2S. The van der Waals surface area contributed by atoms with Crippen molar-refractivity contribution < 1.29 is 9.90 Å². The summed E-state index contributed by atoms with van der Waals surface area (Å²) in [6, 6.07) is 20.2. The van der Waals surface area contributed by atoms with Crippen molar-refractivity contribution in [2.24, 2.45) is 0 Å².